The van der Waals surface area contributed by atoms with Crippen LogP contribution in [0.15, 0.2) is 12.1 Å². The van der Waals surface area contributed by atoms with E-state index in [0.717, 1.165) is 0 Å². The molecule has 1 N–H and O–H groups in total. The molecule has 0 aliphatic rings. The van der Waals surface area contributed by atoms with E-state index >= 15 is 0 Å². The third kappa shape index (κ3) is 4.73. The van der Waals surface area contributed by atoms with Gasteiger partial charge in [-0.25, -0.2) is 0 Å². The van der Waals surface area contributed by atoms with E-state index in [2.05, 4.69) is 0 Å². The van der Waals surface area contributed by atoms with Crippen LogP contribution in [0.3, 0.4) is 0 Å². The molecule has 1 aromatic carbocycles. The summed E-state index contributed by atoms with van der Waals surface area (Å²) in [5, 5.41) is 9.12. The first-order valence-electron chi connectivity index (χ1n) is 5.82. The van der Waals surface area contributed by atoms with E-state index < -0.39 is 5.97 Å². The van der Waals surface area contributed by atoms with Crippen molar-refractivity contribution in [2.24, 2.45) is 0 Å². The molecule has 0 heterocycles. The number of hydrogen-bond acceptors (Lipinski definition) is 3. The topological polar surface area (TPSA) is 63.6 Å². The van der Waals surface area contributed by atoms with Crippen LogP contribution < -0.4 is 4.74 Å². The maximum Gasteiger partial charge on any atom is 0.303 e. The Morgan fingerprint density at radius 3 is 2.42 bits per heavy atom. The molecule has 0 aliphatic carbocycles. The lowest BCUT2D eigenvalue weighted by molar-refractivity contribution is -0.137. The van der Waals surface area contributed by atoms with Crippen molar-refractivity contribution in [1.29, 1.82) is 0 Å². The highest BCUT2D eigenvalue weighted by molar-refractivity contribution is 6.42. The number of carboxylic acids is 1. The molecule has 0 radical (unpaired) electrons. The van der Waals surface area contributed by atoms with Crippen molar-refractivity contribution < 1.29 is 19.4 Å². The van der Waals surface area contributed by atoms with Gasteiger partial charge in [0, 0.05) is 18.9 Å². The molecule has 0 fully saturated rings. The molecule has 1 rings (SSSR count). The fourth-order valence-corrected chi connectivity index (χ4v) is 1.87. The predicted molar refractivity (Wildman–Crippen MR) is 73.4 cm³/mol. The van der Waals surface area contributed by atoms with Gasteiger partial charge < -0.3 is 9.84 Å². The van der Waals surface area contributed by atoms with Crippen molar-refractivity contribution in [3.8, 4) is 5.75 Å². The van der Waals surface area contributed by atoms with E-state index in [1.54, 1.807) is 6.92 Å². The molecule has 6 heteroatoms. The van der Waals surface area contributed by atoms with Gasteiger partial charge in [-0.05, 0) is 19.4 Å². The van der Waals surface area contributed by atoms with Gasteiger partial charge in [0.15, 0.2) is 5.78 Å². The number of rotatable bonds is 7. The number of carboxylic acid groups (broad SMARTS) is 1. The highest BCUT2D eigenvalue weighted by Crippen LogP contribution is 2.31. The van der Waals surface area contributed by atoms with Crippen LogP contribution in [-0.2, 0) is 4.79 Å². The Balaban J connectivity index is 2.87. The highest BCUT2D eigenvalue weighted by atomic mass is 35.5. The first-order chi connectivity index (χ1) is 8.95. The number of carbonyl (C=O) groups excluding carboxylic acids is 1. The van der Waals surface area contributed by atoms with Gasteiger partial charge in [-0.1, -0.05) is 23.2 Å². The molecule has 4 nitrogen and oxygen atoms in total. The number of Topliss-reactive ketones (excluding diaryl/α,β-unsaturated/α-hetero) is 1. The Morgan fingerprint density at radius 2 is 1.84 bits per heavy atom. The molecule has 0 aromatic heterocycles. The molecule has 0 amide bonds. The van der Waals surface area contributed by atoms with Crippen LogP contribution in [0.1, 0.15) is 36.5 Å². The van der Waals surface area contributed by atoms with Crippen molar-refractivity contribution in [2.75, 3.05) is 6.61 Å². The first-order valence-corrected chi connectivity index (χ1v) is 6.58. The molecule has 0 unspecified atom stereocenters. The Bertz CT molecular complexity index is 486. The molecular weight excluding hydrogens is 291 g/mol. The quantitative estimate of drug-likeness (QED) is 0.778. The van der Waals surface area contributed by atoms with E-state index in [1.165, 1.54) is 12.1 Å². The van der Waals surface area contributed by atoms with Gasteiger partial charge in [0.2, 0.25) is 0 Å². The van der Waals surface area contributed by atoms with Gasteiger partial charge in [0.05, 0.1) is 22.2 Å². The lowest BCUT2D eigenvalue weighted by atomic mass is 10.0. The maximum absolute atomic E-state index is 12.0. The minimum Gasteiger partial charge on any atom is -0.493 e. The second-order valence-electron chi connectivity index (χ2n) is 3.87. The summed E-state index contributed by atoms with van der Waals surface area (Å²) in [7, 11) is 0. The fourth-order valence-electron chi connectivity index (χ4n) is 1.56. The minimum absolute atomic E-state index is 0.0446. The standard InChI is InChI=1S/C13H14Cl2O4/c1-2-19-12-7-10(15)9(14)6-8(12)11(16)4-3-5-13(17)18/h6-7H,2-5H2,1H3,(H,17,18). The number of ether oxygens (including phenoxy) is 1. The molecule has 19 heavy (non-hydrogen) atoms. The molecule has 0 atom stereocenters. The third-order valence-corrected chi connectivity index (χ3v) is 3.14. The summed E-state index contributed by atoms with van der Waals surface area (Å²) < 4.78 is 5.34. The summed E-state index contributed by atoms with van der Waals surface area (Å²) in [5.41, 5.74) is 0.335. The SMILES string of the molecule is CCOc1cc(Cl)c(Cl)cc1C(=O)CCCC(=O)O. The lowest BCUT2D eigenvalue weighted by Gasteiger charge is -2.10. The summed E-state index contributed by atoms with van der Waals surface area (Å²) in [4.78, 5) is 22.4. The average Bonchev–Trinajstić information content (AvgIpc) is 2.33. The van der Waals surface area contributed by atoms with E-state index in [4.69, 9.17) is 33.0 Å². The van der Waals surface area contributed by atoms with Crippen LogP contribution in [-0.4, -0.2) is 23.5 Å². The van der Waals surface area contributed by atoms with Crippen LogP contribution in [0.5, 0.6) is 5.75 Å². The normalized spacial score (nSPS) is 10.3. The smallest absolute Gasteiger partial charge is 0.303 e. The zero-order valence-corrected chi connectivity index (χ0v) is 11.9. The van der Waals surface area contributed by atoms with Crippen LogP contribution in [0.2, 0.25) is 10.0 Å². The molecule has 0 saturated heterocycles. The summed E-state index contributed by atoms with van der Waals surface area (Å²) in [6.45, 7) is 2.19. The molecule has 0 bridgehead atoms. The Kier molecular flexibility index (Phi) is 6.12. The summed E-state index contributed by atoms with van der Waals surface area (Å²) >= 11 is 11.8. The molecule has 0 saturated carbocycles. The average molecular weight is 305 g/mol. The summed E-state index contributed by atoms with van der Waals surface area (Å²) in [5.74, 6) is -0.757. The van der Waals surface area contributed by atoms with Gasteiger partial charge in [-0.3, -0.25) is 9.59 Å². The van der Waals surface area contributed by atoms with Crippen LogP contribution in [0.25, 0.3) is 0 Å². The van der Waals surface area contributed by atoms with Gasteiger partial charge in [0.1, 0.15) is 5.75 Å². The van der Waals surface area contributed by atoms with Crippen molar-refractivity contribution in [3.05, 3.63) is 27.7 Å². The second-order valence-corrected chi connectivity index (χ2v) is 4.68. The van der Waals surface area contributed by atoms with Gasteiger partial charge in [-0.15, -0.1) is 0 Å². The zero-order chi connectivity index (χ0) is 14.4. The van der Waals surface area contributed by atoms with Crippen molar-refractivity contribution in [1.82, 2.24) is 0 Å². The lowest BCUT2D eigenvalue weighted by Crippen LogP contribution is -2.05. The molecule has 0 spiro atoms. The molecule has 1 aromatic rings. The Hall–Kier alpha value is -1.26. The summed E-state index contributed by atoms with van der Waals surface area (Å²) in [6, 6.07) is 2.95. The largest absolute Gasteiger partial charge is 0.493 e. The highest BCUT2D eigenvalue weighted by Gasteiger charge is 2.15. The predicted octanol–water partition coefficient (Wildman–Crippen LogP) is 3.83. The fraction of sp³-hybridized carbons (Fsp3) is 0.385. The van der Waals surface area contributed by atoms with Crippen LogP contribution >= 0.6 is 23.2 Å². The second kappa shape index (κ2) is 7.36. The van der Waals surface area contributed by atoms with Crippen LogP contribution in [0.4, 0.5) is 0 Å². The number of aliphatic carboxylic acids is 1. The zero-order valence-electron chi connectivity index (χ0n) is 10.4. The number of benzene rings is 1. The third-order valence-electron chi connectivity index (χ3n) is 2.42. The minimum atomic E-state index is -0.924. The molecule has 104 valence electrons. The number of hydrogen-bond donors (Lipinski definition) is 1. The van der Waals surface area contributed by atoms with E-state index in [9.17, 15) is 9.59 Å². The van der Waals surface area contributed by atoms with E-state index in [-0.39, 0.29) is 30.1 Å². The van der Waals surface area contributed by atoms with E-state index in [0.29, 0.717) is 22.9 Å². The monoisotopic (exact) mass is 304 g/mol. The van der Waals surface area contributed by atoms with E-state index in [1.807, 2.05) is 0 Å². The van der Waals surface area contributed by atoms with Crippen molar-refractivity contribution in [3.63, 3.8) is 0 Å². The van der Waals surface area contributed by atoms with Gasteiger partial charge in [-0.2, -0.15) is 0 Å². The number of ketones is 1. The molecule has 0 aliphatic heterocycles. The maximum atomic E-state index is 12.0. The van der Waals surface area contributed by atoms with Crippen molar-refractivity contribution in [2.45, 2.75) is 26.2 Å². The number of halogens is 2. The first kappa shape index (κ1) is 15.8. The van der Waals surface area contributed by atoms with Crippen LogP contribution in [0, 0.1) is 0 Å². The Labute approximate surface area is 121 Å². The van der Waals surface area contributed by atoms with Gasteiger partial charge in [0.25, 0.3) is 0 Å². The van der Waals surface area contributed by atoms with Gasteiger partial charge >= 0.3 is 5.97 Å². The Morgan fingerprint density at radius 1 is 1.21 bits per heavy atom. The summed E-state index contributed by atoms with van der Waals surface area (Å²) in [6.07, 6.45) is 0.362. The van der Waals surface area contributed by atoms with Crippen molar-refractivity contribution >= 4 is 35.0 Å². The number of carbonyl (C=O) groups is 2. The molecular formula is C13H14Cl2O4.